The number of aryl methyl sites for hydroxylation is 1. The fourth-order valence-electron chi connectivity index (χ4n) is 6.42. The van der Waals surface area contributed by atoms with Crippen LogP contribution < -0.4 is 14.4 Å². The van der Waals surface area contributed by atoms with Gasteiger partial charge in [-0.05, 0) is 59.7 Å². The van der Waals surface area contributed by atoms with E-state index < -0.39 is 11.4 Å². The first-order valence-electron chi connectivity index (χ1n) is 14.3. The summed E-state index contributed by atoms with van der Waals surface area (Å²) in [6.07, 6.45) is 6.32. The summed E-state index contributed by atoms with van der Waals surface area (Å²) in [4.78, 5) is 2.41. The monoisotopic (exact) mass is 557 g/mol. The van der Waals surface area contributed by atoms with Gasteiger partial charge in [-0.1, -0.05) is 72.8 Å². The SMILES string of the molecule is COCc1ccc(C2(c3ccc(OC)c(F)c3)C=Cc3c(cc(N4CCCc5ccccc54)c4ccccc34)O2)cc1. The van der Waals surface area contributed by atoms with E-state index in [0.717, 1.165) is 52.9 Å². The predicted octanol–water partition coefficient (Wildman–Crippen LogP) is 8.57. The summed E-state index contributed by atoms with van der Waals surface area (Å²) in [5.74, 6) is 0.519. The number of nitrogens with zero attached hydrogens (tertiary/aromatic N) is 1. The number of ether oxygens (including phenoxy) is 3. The second-order valence-electron chi connectivity index (χ2n) is 10.9. The topological polar surface area (TPSA) is 30.9 Å². The normalized spacial score (nSPS) is 17.5. The predicted molar refractivity (Wildman–Crippen MR) is 166 cm³/mol. The summed E-state index contributed by atoms with van der Waals surface area (Å²) < 4.78 is 32.8. The van der Waals surface area contributed by atoms with Crippen LogP contribution >= 0.6 is 0 Å². The second kappa shape index (κ2) is 10.7. The Morgan fingerprint density at radius 1 is 0.833 bits per heavy atom. The zero-order valence-corrected chi connectivity index (χ0v) is 23.8. The number of fused-ring (bicyclic) bond motifs is 4. The fraction of sp³-hybridized carbons (Fsp3) is 0.189. The smallest absolute Gasteiger partial charge is 0.178 e. The van der Waals surface area contributed by atoms with Crippen LogP contribution in [0.2, 0.25) is 0 Å². The highest BCUT2D eigenvalue weighted by atomic mass is 19.1. The van der Waals surface area contributed by atoms with Gasteiger partial charge in [0.25, 0.3) is 0 Å². The van der Waals surface area contributed by atoms with Gasteiger partial charge in [0.15, 0.2) is 17.2 Å². The number of para-hydroxylation sites is 1. The van der Waals surface area contributed by atoms with Gasteiger partial charge in [0.1, 0.15) is 5.75 Å². The molecule has 42 heavy (non-hydrogen) atoms. The molecule has 2 aliphatic rings. The number of methoxy groups -OCH3 is 2. The number of halogens is 1. The van der Waals surface area contributed by atoms with Gasteiger partial charge >= 0.3 is 0 Å². The third-order valence-electron chi connectivity index (χ3n) is 8.46. The lowest BCUT2D eigenvalue weighted by Crippen LogP contribution is -2.34. The number of benzene rings is 5. The molecule has 4 nitrogen and oxygen atoms in total. The molecule has 0 amide bonds. The molecule has 7 rings (SSSR count). The highest BCUT2D eigenvalue weighted by Gasteiger charge is 2.39. The molecule has 0 fully saturated rings. The molecule has 5 aromatic rings. The van der Waals surface area contributed by atoms with Gasteiger partial charge < -0.3 is 19.1 Å². The van der Waals surface area contributed by atoms with E-state index in [9.17, 15) is 0 Å². The molecule has 210 valence electrons. The van der Waals surface area contributed by atoms with Crippen LogP contribution in [0.15, 0.2) is 103 Å². The van der Waals surface area contributed by atoms with Gasteiger partial charge in [0.2, 0.25) is 0 Å². The summed E-state index contributed by atoms with van der Waals surface area (Å²) in [6, 6.07) is 32.5. The third-order valence-corrected chi connectivity index (χ3v) is 8.46. The van der Waals surface area contributed by atoms with E-state index in [-0.39, 0.29) is 5.75 Å². The average Bonchev–Trinajstić information content (AvgIpc) is 3.04. The molecule has 0 bridgehead atoms. The Kier molecular flexibility index (Phi) is 6.67. The summed E-state index contributed by atoms with van der Waals surface area (Å²) in [5, 5.41) is 2.29. The van der Waals surface area contributed by atoms with Crippen LogP contribution in [0.1, 0.15) is 34.2 Å². The van der Waals surface area contributed by atoms with Crippen molar-refractivity contribution >= 4 is 28.2 Å². The van der Waals surface area contributed by atoms with Crippen LogP contribution in [0.25, 0.3) is 16.8 Å². The molecule has 0 aromatic heterocycles. The van der Waals surface area contributed by atoms with Gasteiger partial charge in [-0.25, -0.2) is 4.39 Å². The number of rotatable bonds is 6. The van der Waals surface area contributed by atoms with E-state index in [1.807, 2.05) is 36.4 Å². The minimum Gasteiger partial charge on any atom is -0.494 e. The van der Waals surface area contributed by atoms with Crippen LogP contribution in [0.3, 0.4) is 0 Å². The molecule has 0 N–H and O–H groups in total. The minimum atomic E-state index is -1.05. The maximum Gasteiger partial charge on any atom is 0.178 e. The summed E-state index contributed by atoms with van der Waals surface area (Å²) in [6.45, 7) is 1.43. The lowest BCUT2D eigenvalue weighted by Gasteiger charge is -2.38. The quantitative estimate of drug-likeness (QED) is 0.209. The van der Waals surface area contributed by atoms with Crippen molar-refractivity contribution in [2.24, 2.45) is 0 Å². The Morgan fingerprint density at radius 2 is 1.60 bits per heavy atom. The summed E-state index contributed by atoms with van der Waals surface area (Å²) >= 11 is 0. The zero-order valence-electron chi connectivity index (χ0n) is 23.8. The van der Waals surface area contributed by atoms with Gasteiger partial charge in [-0.2, -0.15) is 0 Å². The first-order chi connectivity index (χ1) is 20.6. The maximum atomic E-state index is 15.2. The van der Waals surface area contributed by atoms with Crippen LogP contribution in [0, 0.1) is 5.82 Å². The highest BCUT2D eigenvalue weighted by molar-refractivity contribution is 6.03. The van der Waals surface area contributed by atoms with Crippen molar-refractivity contribution < 1.29 is 18.6 Å². The average molecular weight is 558 g/mol. The fourth-order valence-corrected chi connectivity index (χ4v) is 6.42. The molecule has 2 heterocycles. The third kappa shape index (κ3) is 4.32. The Morgan fingerprint density at radius 3 is 2.38 bits per heavy atom. The van der Waals surface area contributed by atoms with Crippen molar-refractivity contribution in [1.82, 2.24) is 0 Å². The van der Waals surface area contributed by atoms with Gasteiger partial charge in [0, 0.05) is 47.5 Å². The van der Waals surface area contributed by atoms with Crippen molar-refractivity contribution in [3.63, 3.8) is 0 Å². The van der Waals surface area contributed by atoms with Crippen molar-refractivity contribution in [2.75, 3.05) is 25.7 Å². The van der Waals surface area contributed by atoms with E-state index in [1.165, 1.54) is 29.8 Å². The first-order valence-corrected chi connectivity index (χ1v) is 14.3. The van der Waals surface area contributed by atoms with Gasteiger partial charge in [-0.3, -0.25) is 0 Å². The van der Waals surface area contributed by atoms with E-state index in [2.05, 4.69) is 65.6 Å². The second-order valence-corrected chi connectivity index (χ2v) is 10.9. The van der Waals surface area contributed by atoms with E-state index in [1.54, 1.807) is 13.2 Å². The van der Waals surface area contributed by atoms with E-state index in [4.69, 9.17) is 14.2 Å². The number of hydrogen-bond acceptors (Lipinski definition) is 4. The molecule has 0 spiro atoms. The summed E-state index contributed by atoms with van der Waals surface area (Å²) in [5.41, 5.74) is 6.28. The van der Waals surface area contributed by atoms with E-state index >= 15 is 4.39 Å². The van der Waals surface area contributed by atoms with Crippen LogP contribution in [0.4, 0.5) is 15.8 Å². The molecule has 1 unspecified atom stereocenters. The lowest BCUT2D eigenvalue weighted by molar-refractivity contribution is 0.160. The first kappa shape index (κ1) is 26.3. The Labute approximate surface area is 245 Å². The Bertz CT molecular complexity index is 1810. The number of hydrogen-bond donors (Lipinski definition) is 0. The van der Waals surface area contributed by atoms with E-state index in [0.29, 0.717) is 12.2 Å². The standard InChI is InChI=1S/C37H32FNO3/c1-40-24-25-13-15-27(16-14-25)37(28-17-18-35(41-2)32(38)22-28)20-19-31-29-10-4-5-11-30(29)34(23-36(31)42-37)39-21-7-9-26-8-3-6-12-33(26)39/h3-6,8,10-20,22-23H,7,9,21,24H2,1-2H3. The lowest BCUT2D eigenvalue weighted by atomic mass is 9.82. The highest BCUT2D eigenvalue weighted by Crippen LogP contribution is 2.48. The largest absolute Gasteiger partial charge is 0.494 e. The van der Waals surface area contributed by atoms with Gasteiger partial charge in [-0.15, -0.1) is 0 Å². The molecule has 2 aliphatic heterocycles. The zero-order chi connectivity index (χ0) is 28.7. The molecule has 5 heteroatoms. The molecule has 5 aromatic carbocycles. The number of anilines is 2. The molecule has 0 radical (unpaired) electrons. The molecule has 0 saturated carbocycles. The maximum absolute atomic E-state index is 15.2. The van der Waals surface area contributed by atoms with Crippen molar-refractivity contribution in [3.8, 4) is 11.5 Å². The molecular formula is C37H32FNO3. The van der Waals surface area contributed by atoms with Crippen LogP contribution in [-0.2, 0) is 23.4 Å². The Hall–Kier alpha value is -4.61. The van der Waals surface area contributed by atoms with Gasteiger partial charge in [0.05, 0.1) is 19.4 Å². The van der Waals surface area contributed by atoms with Crippen molar-refractivity contribution in [3.05, 3.63) is 137 Å². The van der Waals surface area contributed by atoms with Crippen LogP contribution in [-0.4, -0.2) is 20.8 Å². The van der Waals surface area contributed by atoms with Crippen LogP contribution in [0.5, 0.6) is 11.5 Å². The molecule has 1 atom stereocenters. The summed E-state index contributed by atoms with van der Waals surface area (Å²) in [7, 11) is 3.16. The molecular weight excluding hydrogens is 525 g/mol. The van der Waals surface area contributed by atoms with Crippen molar-refractivity contribution in [1.29, 1.82) is 0 Å². The molecule has 0 saturated heterocycles. The minimum absolute atomic E-state index is 0.196. The van der Waals surface area contributed by atoms with Crippen molar-refractivity contribution in [2.45, 2.75) is 25.0 Å². The Balaban J connectivity index is 1.43. The molecule has 0 aliphatic carbocycles.